The predicted octanol–water partition coefficient (Wildman–Crippen LogP) is 4.31. The van der Waals surface area contributed by atoms with Gasteiger partial charge in [0.15, 0.2) is 0 Å². The molecular weight excluding hydrogens is 364 g/mol. The highest BCUT2D eigenvalue weighted by Gasteiger charge is 2.14. The molecule has 4 rings (SSSR count). The summed E-state index contributed by atoms with van der Waals surface area (Å²) in [6, 6.07) is 20.9. The van der Waals surface area contributed by atoms with E-state index < -0.39 is 0 Å². The van der Waals surface area contributed by atoms with Crippen LogP contribution in [-0.4, -0.2) is 23.0 Å². The van der Waals surface area contributed by atoms with Crippen LogP contribution in [0.4, 0.5) is 11.5 Å². The number of pyridine rings is 2. The molecule has 2 N–H and O–H groups in total. The van der Waals surface area contributed by atoms with Crippen molar-refractivity contribution in [2.75, 3.05) is 12.4 Å². The molecular formula is C23H20N4O2. The van der Waals surface area contributed by atoms with Crippen molar-refractivity contribution < 1.29 is 9.53 Å². The first-order valence-corrected chi connectivity index (χ1v) is 9.22. The number of hydrogen-bond donors (Lipinski definition) is 2. The Morgan fingerprint density at radius 2 is 1.69 bits per heavy atom. The predicted molar refractivity (Wildman–Crippen MR) is 113 cm³/mol. The zero-order valence-electron chi connectivity index (χ0n) is 15.9. The number of ether oxygens (including phenoxy) is 1. The van der Waals surface area contributed by atoms with Crippen molar-refractivity contribution in [3.63, 3.8) is 0 Å². The summed E-state index contributed by atoms with van der Waals surface area (Å²) >= 11 is 0. The van der Waals surface area contributed by atoms with E-state index in [0.29, 0.717) is 17.9 Å². The largest absolute Gasteiger partial charge is 0.495 e. The van der Waals surface area contributed by atoms with Gasteiger partial charge in [-0.2, -0.15) is 0 Å². The Hall–Kier alpha value is -3.93. The first-order valence-electron chi connectivity index (χ1n) is 9.22. The van der Waals surface area contributed by atoms with Gasteiger partial charge in [-0.15, -0.1) is 0 Å². The van der Waals surface area contributed by atoms with E-state index in [1.165, 1.54) is 0 Å². The van der Waals surface area contributed by atoms with E-state index in [4.69, 9.17) is 4.74 Å². The Kier molecular flexibility index (Phi) is 5.33. The zero-order chi connectivity index (χ0) is 20.1. The number of rotatable bonds is 6. The third kappa shape index (κ3) is 4.01. The number of anilines is 2. The van der Waals surface area contributed by atoms with E-state index in [1.54, 1.807) is 19.5 Å². The molecule has 0 fully saturated rings. The molecule has 0 bridgehead atoms. The number of para-hydroxylation sites is 2. The van der Waals surface area contributed by atoms with E-state index in [2.05, 4.69) is 20.6 Å². The number of aromatic nitrogens is 2. The molecule has 4 aromatic rings. The molecule has 2 aromatic carbocycles. The van der Waals surface area contributed by atoms with Gasteiger partial charge in [-0.1, -0.05) is 42.5 Å². The second-order valence-corrected chi connectivity index (χ2v) is 6.40. The van der Waals surface area contributed by atoms with Crippen LogP contribution < -0.4 is 15.4 Å². The Morgan fingerprint density at radius 3 is 2.48 bits per heavy atom. The van der Waals surface area contributed by atoms with Crippen LogP contribution in [0.15, 0.2) is 79.1 Å². The Balaban J connectivity index is 1.64. The molecule has 6 heteroatoms. The lowest BCUT2D eigenvalue weighted by atomic mass is 10.1. The van der Waals surface area contributed by atoms with Crippen LogP contribution in [-0.2, 0) is 6.54 Å². The molecule has 0 aliphatic rings. The van der Waals surface area contributed by atoms with E-state index >= 15 is 0 Å². The van der Waals surface area contributed by atoms with Gasteiger partial charge in [-0.05, 0) is 29.7 Å². The van der Waals surface area contributed by atoms with Crippen molar-refractivity contribution in [1.82, 2.24) is 15.3 Å². The number of methoxy groups -OCH3 is 1. The number of amides is 1. The number of nitrogens with one attached hydrogen (secondary N) is 2. The van der Waals surface area contributed by atoms with Crippen molar-refractivity contribution in [2.24, 2.45) is 0 Å². The van der Waals surface area contributed by atoms with E-state index in [1.807, 2.05) is 66.7 Å². The van der Waals surface area contributed by atoms with Crippen molar-refractivity contribution in [3.8, 4) is 5.75 Å². The van der Waals surface area contributed by atoms with Gasteiger partial charge < -0.3 is 15.4 Å². The topological polar surface area (TPSA) is 76.1 Å². The van der Waals surface area contributed by atoms with Crippen LogP contribution in [0.1, 0.15) is 16.1 Å². The second-order valence-electron chi connectivity index (χ2n) is 6.40. The van der Waals surface area contributed by atoms with Gasteiger partial charge in [0, 0.05) is 17.8 Å². The monoisotopic (exact) mass is 384 g/mol. The van der Waals surface area contributed by atoms with Gasteiger partial charge in [0.1, 0.15) is 11.6 Å². The molecule has 2 heterocycles. The maximum Gasteiger partial charge on any atom is 0.253 e. The average Bonchev–Trinajstić information content (AvgIpc) is 2.79. The SMILES string of the molecule is COc1ccccc1Nc1ncc(C(=O)NCc2ccccn2)c2ccccc12. The van der Waals surface area contributed by atoms with Gasteiger partial charge in [0.2, 0.25) is 0 Å². The molecule has 0 atom stereocenters. The van der Waals surface area contributed by atoms with E-state index in [9.17, 15) is 4.79 Å². The number of nitrogens with zero attached hydrogens (tertiary/aromatic N) is 2. The van der Waals surface area contributed by atoms with Crippen molar-refractivity contribution in [1.29, 1.82) is 0 Å². The maximum absolute atomic E-state index is 12.8. The molecule has 1 amide bonds. The lowest BCUT2D eigenvalue weighted by molar-refractivity contribution is 0.0952. The summed E-state index contributed by atoms with van der Waals surface area (Å²) in [4.78, 5) is 21.5. The highest BCUT2D eigenvalue weighted by atomic mass is 16.5. The third-order valence-electron chi connectivity index (χ3n) is 4.56. The van der Waals surface area contributed by atoms with Gasteiger partial charge in [0.05, 0.1) is 30.6 Å². The lowest BCUT2D eigenvalue weighted by Crippen LogP contribution is -2.23. The quantitative estimate of drug-likeness (QED) is 0.518. The van der Waals surface area contributed by atoms with Crippen LogP contribution in [0.25, 0.3) is 10.8 Å². The summed E-state index contributed by atoms with van der Waals surface area (Å²) in [5.41, 5.74) is 2.12. The number of benzene rings is 2. The highest BCUT2D eigenvalue weighted by Crippen LogP contribution is 2.31. The van der Waals surface area contributed by atoms with Crippen molar-refractivity contribution in [3.05, 3.63) is 90.4 Å². The summed E-state index contributed by atoms with van der Waals surface area (Å²) in [6.07, 6.45) is 3.30. The normalized spacial score (nSPS) is 10.5. The van der Waals surface area contributed by atoms with Crippen LogP contribution in [0.2, 0.25) is 0 Å². The standard InChI is InChI=1S/C23H20N4O2/c1-29-21-12-5-4-11-20(21)27-22-18-10-3-2-9-17(18)19(15-25-22)23(28)26-14-16-8-6-7-13-24-16/h2-13,15H,14H2,1H3,(H,25,27)(H,26,28). The molecule has 0 aliphatic carbocycles. The lowest BCUT2D eigenvalue weighted by Gasteiger charge is -2.14. The highest BCUT2D eigenvalue weighted by molar-refractivity contribution is 6.09. The van der Waals surface area contributed by atoms with Crippen LogP contribution in [0, 0.1) is 0 Å². The fourth-order valence-electron chi connectivity index (χ4n) is 3.12. The molecule has 2 aromatic heterocycles. The molecule has 0 spiro atoms. The third-order valence-corrected chi connectivity index (χ3v) is 4.56. The summed E-state index contributed by atoms with van der Waals surface area (Å²) < 4.78 is 5.41. The molecule has 0 saturated carbocycles. The molecule has 29 heavy (non-hydrogen) atoms. The smallest absolute Gasteiger partial charge is 0.253 e. The summed E-state index contributed by atoms with van der Waals surface area (Å²) in [5, 5.41) is 7.89. The molecule has 144 valence electrons. The summed E-state index contributed by atoms with van der Waals surface area (Å²) in [7, 11) is 1.63. The molecule has 0 aliphatic heterocycles. The van der Waals surface area contributed by atoms with Crippen molar-refractivity contribution >= 4 is 28.2 Å². The van der Waals surface area contributed by atoms with Gasteiger partial charge in [-0.3, -0.25) is 9.78 Å². The zero-order valence-corrected chi connectivity index (χ0v) is 15.9. The number of fused-ring (bicyclic) bond motifs is 1. The summed E-state index contributed by atoms with van der Waals surface area (Å²) in [5.74, 6) is 1.19. The minimum atomic E-state index is -0.191. The van der Waals surface area contributed by atoms with Crippen LogP contribution >= 0.6 is 0 Å². The van der Waals surface area contributed by atoms with Gasteiger partial charge >= 0.3 is 0 Å². The minimum absolute atomic E-state index is 0.191. The minimum Gasteiger partial charge on any atom is -0.495 e. The van der Waals surface area contributed by atoms with E-state index in [0.717, 1.165) is 27.9 Å². The first-order chi connectivity index (χ1) is 14.3. The average molecular weight is 384 g/mol. The molecule has 6 nitrogen and oxygen atoms in total. The summed E-state index contributed by atoms with van der Waals surface area (Å²) in [6.45, 7) is 0.356. The fourth-order valence-corrected chi connectivity index (χ4v) is 3.12. The molecule has 0 unspecified atom stereocenters. The van der Waals surface area contributed by atoms with Crippen molar-refractivity contribution in [2.45, 2.75) is 6.54 Å². The van der Waals surface area contributed by atoms with Crippen LogP contribution in [0.5, 0.6) is 5.75 Å². The molecule has 0 saturated heterocycles. The van der Waals surface area contributed by atoms with Gasteiger partial charge in [-0.25, -0.2) is 4.98 Å². The fraction of sp³-hybridized carbons (Fsp3) is 0.0870. The first kappa shape index (κ1) is 18.4. The van der Waals surface area contributed by atoms with Crippen LogP contribution in [0.3, 0.4) is 0 Å². The Labute approximate surface area is 168 Å². The Morgan fingerprint density at radius 1 is 0.931 bits per heavy atom. The number of carbonyl (C=O) groups excluding carboxylic acids is 1. The maximum atomic E-state index is 12.8. The number of carbonyl (C=O) groups is 1. The molecule has 0 radical (unpaired) electrons. The van der Waals surface area contributed by atoms with E-state index in [-0.39, 0.29) is 5.91 Å². The van der Waals surface area contributed by atoms with Gasteiger partial charge in [0.25, 0.3) is 5.91 Å². The number of hydrogen-bond acceptors (Lipinski definition) is 5. The second kappa shape index (κ2) is 8.39. The Bertz CT molecular complexity index is 1150.